The van der Waals surface area contributed by atoms with E-state index in [1.807, 2.05) is 0 Å². The summed E-state index contributed by atoms with van der Waals surface area (Å²) in [6, 6.07) is -0.471. The van der Waals surface area contributed by atoms with Crippen molar-refractivity contribution in [3.63, 3.8) is 0 Å². The smallest absolute Gasteiger partial charge is 0.325 e. The number of esters is 1. The first kappa shape index (κ1) is 17.7. The van der Waals surface area contributed by atoms with Crippen molar-refractivity contribution in [2.45, 2.75) is 51.0 Å². The van der Waals surface area contributed by atoms with E-state index in [1.165, 1.54) is 0 Å². The second-order valence-electron chi connectivity index (χ2n) is 7.02. The largest absolute Gasteiger partial charge is 0.466 e. The Labute approximate surface area is 146 Å². The summed E-state index contributed by atoms with van der Waals surface area (Å²) in [6.45, 7) is 2.78. The Hall–Kier alpha value is -2.12. The molecule has 1 N–H and O–H groups in total. The summed E-state index contributed by atoms with van der Waals surface area (Å²) in [5.74, 6) is -0.917. The van der Waals surface area contributed by atoms with Gasteiger partial charge in [-0.25, -0.2) is 4.79 Å². The van der Waals surface area contributed by atoms with Crippen LogP contribution in [0, 0.1) is 5.92 Å². The normalized spacial score (nSPS) is 23.2. The second-order valence-corrected chi connectivity index (χ2v) is 7.02. The number of piperidine rings is 1. The standard InChI is InChI=1S/C17H25N3O5/c1-2-25-14(22)12-5-9-19(10-6-12)13(21)11-20-15(23)17(18-16(20)24)7-3-4-8-17/h12H,2-11H2,1H3,(H,18,24). The van der Waals surface area contributed by atoms with Crippen LogP contribution in [0.2, 0.25) is 0 Å². The molecule has 4 amide bonds. The summed E-state index contributed by atoms with van der Waals surface area (Å²) in [7, 11) is 0. The average Bonchev–Trinajstić information content (AvgIpc) is 3.16. The zero-order chi connectivity index (χ0) is 18.0. The monoisotopic (exact) mass is 351 g/mol. The lowest BCUT2D eigenvalue weighted by atomic mass is 9.97. The van der Waals surface area contributed by atoms with Crippen LogP contribution in [0.4, 0.5) is 4.79 Å². The number of urea groups is 1. The maximum Gasteiger partial charge on any atom is 0.325 e. The van der Waals surface area contributed by atoms with Crippen LogP contribution in [0.1, 0.15) is 45.4 Å². The van der Waals surface area contributed by atoms with Gasteiger partial charge in [-0.15, -0.1) is 0 Å². The van der Waals surface area contributed by atoms with E-state index in [0.717, 1.165) is 17.7 Å². The van der Waals surface area contributed by atoms with E-state index < -0.39 is 11.6 Å². The number of hydrogen-bond acceptors (Lipinski definition) is 5. The number of ether oxygens (including phenoxy) is 1. The summed E-state index contributed by atoms with van der Waals surface area (Å²) in [5.41, 5.74) is -0.783. The molecule has 0 aromatic rings. The fourth-order valence-corrected chi connectivity index (χ4v) is 4.00. The highest BCUT2D eigenvalue weighted by atomic mass is 16.5. The first-order valence-corrected chi connectivity index (χ1v) is 9.05. The van der Waals surface area contributed by atoms with E-state index in [1.54, 1.807) is 11.8 Å². The van der Waals surface area contributed by atoms with Crippen molar-refractivity contribution in [2.24, 2.45) is 5.92 Å². The fourth-order valence-electron chi connectivity index (χ4n) is 4.00. The molecular formula is C17H25N3O5. The van der Waals surface area contributed by atoms with Crippen LogP contribution in [0.3, 0.4) is 0 Å². The SMILES string of the molecule is CCOC(=O)C1CCN(C(=O)CN2C(=O)NC3(CCCC3)C2=O)CC1. The van der Waals surface area contributed by atoms with Crippen LogP contribution < -0.4 is 5.32 Å². The summed E-state index contributed by atoms with van der Waals surface area (Å²) in [4.78, 5) is 51.6. The Morgan fingerprint density at radius 2 is 1.84 bits per heavy atom. The molecule has 0 aromatic heterocycles. The molecule has 1 saturated carbocycles. The van der Waals surface area contributed by atoms with Gasteiger partial charge in [-0.3, -0.25) is 19.3 Å². The lowest BCUT2D eigenvalue weighted by molar-refractivity contribution is -0.151. The van der Waals surface area contributed by atoms with E-state index in [0.29, 0.717) is 45.4 Å². The Morgan fingerprint density at radius 1 is 1.20 bits per heavy atom. The average molecular weight is 351 g/mol. The molecule has 1 spiro atoms. The number of rotatable bonds is 4. The third-order valence-corrected chi connectivity index (χ3v) is 5.46. The molecule has 138 valence electrons. The number of hydrogen-bond donors (Lipinski definition) is 1. The molecule has 3 rings (SSSR count). The number of nitrogens with one attached hydrogen (secondary N) is 1. The number of carbonyl (C=O) groups excluding carboxylic acids is 4. The lowest BCUT2D eigenvalue weighted by Crippen LogP contribution is -2.48. The van der Waals surface area contributed by atoms with Crippen LogP contribution in [0.15, 0.2) is 0 Å². The second kappa shape index (κ2) is 7.01. The molecule has 8 nitrogen and oxygen atoms in total. The zero-order valence-corrected chi connectivity index (χ0v) is 14.6. The molecular weight excluding hydrogens is 326 g/mol. The Kier molecular flexibility index (Phi) is 4.96. The molecule has 0 radical (unpaired) electrons. The van der Waals surface area contributed by atoms with Gasteiger partial charge in [0, 0.05) is 13.1 Å². The first-order chi connectivity index (χ1) is 12.0. The van der Waals surface area contributed by atoms with Crippen LogP contribution in [0.5, 0.6) is 0 Å². The molecule has 2 saturated heterocycles. The van der Waals surface area contributed by atoms with Crippen molar-refractivity contribution in [3.05, 3.63) is 0 Å². The van der Waals surface area contributed by atoms with Crippen LogP contribution in [-0.2, 0) is 19.1 Å². The predicted octanol–water partition coefficient (Wildman–Crippen LogP) is 0.653. The molecule has 0 bridgehead atoms. The maximum atomic E-state index is 12.6. The van der Waals surface area contributed by atoms with Crippen LogP contribution >= 0.6 is 0 Å². The van der Waals surface area contributed by atoms with Gasteiger partial charge in [-0.1, -0.05) is 12.8 Å². The molecule has 8 heteroatoms. The molecule has 1 aliphatic carbocycles. The summed E-state index contributed by atoms with van der Waals surface area (Å²) < 4.78 is 5.02. The van der Waals surface area contributed by atoms with Gasteiger partial charge >= 0.3 is 12.0 Å². The van der Waals surface area contributed by atoms with Crippen molar-refractivity contribution < 1.29 is 23.9 Å². The molecule has 0 unspecified atom stereocenters. The van der Waals surface area contributed by atoms with E-state index in [2.05, 4.69) is 5.32 Å². The highest BCUT2D eigenvalue weighted by Gasteiger charge is 2.52. The Balaban J connectivity index is 1.54. The van der Waals surface area contributed by atoms with Crippen molar-refractivity contribution in [2.75, 3.05) is 26.2 Å². The van der Waals surface area contributed by atoms with Gasteiger partial charge < -0.3 is 15.0 Å². The highest BCUT2D eigenvalue weighted by molar-refractivity contribution is 6.09. The predicted molar refractivity (Wildman–Crippen MR) is 87.4 cm³/mol. The zero-order valence-electron chi connectivity index (χ0n) is 14.6. The van der Waals surface area contributed by atoms with Crippen LogP contribution in [-0.4, -0.2) is 65.4 Å². The van der Waals surface area contributed by atoms with Gasteiger partial charge in [0.1, 0.15) is 12.1 Å². The summed E-state index contributed by atoms with van der Waals surface area (Å²) >= 11 is 0. The van der Waals surface area contributed by atoms with Gasteiger partial charge in [0.15, 0.2) is 0 Å². The van der Waals surface area contributed by atoms with E-state index >= 15 is 0 Å². The van der Waals surface area contributed by atoms with E-state index in [4.69, 9.17) is 4.74 Å². The molecule has 3 fully saturated rings. The van der Waals surface area contributed by atoms with Gasteiger partial charge in [-0.2, -0.15) is 0 Å². The first-order valence-electron chi connectivity index (χ1n) is 9.05. The lowest BCUT2D eigenvalue weighted by Gasteiger charge is -2.31. The summed E-state index contributed by atoms with van der Waals surface area (Å²) in [6.07, 6.45) is 4.22. The van der Waals surface area contributed by atoms with Crippen LogP contribution in [0.25, 0.3) is 0 Å². The third-order valence-electron chi connectivity index (χ3n) is 5.46. The maximum absolute atomic E-state index is 12.6. The fraction of sp³-hybridized carbons (Fsp3) is 0.765. The molecule has 0 aromatic carbocycles. The minimum absolute atomic E-state index is 0.178. The van der Waals surface area contributed by atoms with Crippen molar-refractivity contribution in [3.8, 4) is 0 Å². The number of likely N-dealkylation sites (tertiary alicyclic amines) is 1. The number of carbonyl (C=O) groups is 4. The topological polar surface area (TPSA) is 96.0 Å². The molecule has 25 heavy (non-hydrogen) atoms. The Bertz CT molecular complexity index is 577. The van der Waals surface area contributed by atoms with Gasteiger partial charge in [0.25, 0.3) is 5.91 Å². The summed E-state index contributed by atoms with van der Waals surface area (Å²) in [5, 5.41) is 2.78. The van der Waals surface area contributed by atoms with E-state index in [9.17, 15) is 19.2 Å². The minimum atomic E-state index is -0.783. The molecule has 2 heterocycles. The highest BCUT2D eigenvalue weighted by Crippen LogP contribution is 2.35. The number of nitrogens with zero attached hydrogens (tertiary/aromatic N) is 2. The van der Waals surface area contributed by atoms with Gasteiger partial charge in [0.05, 0.1) is 12.5 Å². The quantitative estimate of drug-likeness (QED) is 0.593. The molecule has 0 atom stereocenters. The van der Waals surface area contributed by atoms with Crippen molar-refractivity contribution in [1.82, 2.24) is 15.1 Å². The molecule has 3 aliphatic rings. The Morgan fingerprint density at radius 3 is 2.44 bits per heavy atom. The minimum Gasteiger partial charge on any atom is -0.466 e. The number of amides is 4. The van der Waals surface area contributed by atoms with Crippen molar-refractivity contribution in [1.29, 1.82) is 0 Å². The van der Waals surface area contributed by atoms with Gasteiger partial charge in [-0.05, 0) is 32.6 Å². The van der Waals surface area contributed by atoms with Gasteiger partial charge in [0.2, 0.25) is 5.91 Å². The third kappa shape index (κ3) is 3.34. The van der Waals surface area contributed by atoms with Crippen molar-refractivity contribution >= 4 is 23.8 Å². The molecule has 2 aliphatic heterocycles. The van der Waals surface area contributed by atoms with E-state index in [-0.39, 0.29) is 30.2 Å². The number of imide groups is 1.